The van der Waals surface area contributed by atoms with Gasteiger partial charge in [0.2, 0.25) is 6.54 Å². The first kappa shape index (κ1) is 8.93. The van der Waals surface area contributed by atoms with Gasteiger partial charge in [-0.05, 0) is 19.1 Å². The van der Waals surface area contributed by atoms with Crippen LogP contribution in [-0.4, -0.2) is 9.91 Å². The molecule has 0 N–H and O–H groups in total. The Labute approximate surface area is 74.3 Å². The summed E-state index contributed by atoms with van der Waals surface area (Å²) in [6.07, 6.45) is 0. The monoisotopic (exact) mass is 186 g/mol. The van der Waals surface area contributed by atoms with Crippen LogP contribution in [0, 0.1) is 17.0 Å². The second-order valence-electron chi connectivity index (χ2n) is 2.39. The molecule has 0 aromatic carbocycles. The van der Waals surface area contributed by atoms with Gasteiger partial charge in [0.05, 0.1) is 5.56 Å². The number of hydrogen-bond donors (Lipinski definition) is 0. The summed E-state index contributed by atoms with van der Waals surface area (Å²) in [4.78, 5) is 13.6. The summed E-state index contributed by atoms with van der Waals surface area (Å²) in [6.45, 7) is 1.51. The molecule has 1 aromatic rings. The van der Waals surface area contributed by atoms with Crippen LogP contribution in [0.3, 0.4) is 0 Å². The van der Waals surface area contributed by atoms with E-state index in [-0.39, 0.29) is 11.7 Å². The van der Waals surface area contributed by atoms with Crippen LogP contribution in [0.15, 0.2) is 12.1 Å². The van der Waals surface area contributed by atoms with E-state index in [9.17, 15) is 10.1 Å². The minimum atomic E-state index is -0.432. The molecule has 0 spiro atoms. The summed E-state index contributed by atoms with van der Waals surface area (Å²) < 4.78 is 0. The fourth-order valence-electron chi connectivity index (χ4n) is 0.811. The average Bonchev–Trinajstić information content (AvgIpc) is 1.94. The zero-order valence-electron chi connectivity index (χ0n) is 6.45. The molecule has 0 aliphatic rings. The Bertz CT molecular complexity index is 314. The molecule has 0 bridgehead atoms. The predicted octanol–water partition coefficient (Wildman–Crippen LogP) is 1.82. The Kier molecular flexibility index (Phi) is 2.60. The molecule has 0 atom stereocenters. The summed E-state index contributed by atoms with van der Waals surface area (Å²) >= 11 is 5.66. The number of nitrogens with zero attached hydrogens (tertiary/aromatic N) is 2. The quantitative estimate of drug-likeness (QED) is 0.402. The molecule has 0 saturated carbocycles. The highest BCUT2D eigenvalue weighted by Gasteiger charge is 2.07. The third kappa shape index (κ3) is 2.17. The molecule has 0 fully saturated rings. The van der Waals surface area contributed by atoms with Gasteiger partial charge in [-0.2, -0.15) is 0 Å². The van der Waals surface area contributed by atoms with Crippen molar-refractivity contribution in [2.24, 2.45) is 0 Å². The van der Waals surface area contributed by atoms with Crippen LogP contribution >= 0.6 is 11.6 Å². The highest BCUT2D eigenvalue weighted by molar-refractivity contribution is 6.30. The van der Waals surface area contributed by atoms with Crippen LogP contribution in [0.5, 0.6) is 0 Å². The van der Waals surface area contributed by atoms with E-state index in [1.807, 2.05) is 0 Å². The molecule has 12 heavy (non-hydrogen) atoms. The highest BCUT2D eigenvalue weighted by atomic mass is 35.5. The van der Waals surface area contributed by atoms with Crippen LogP contribution in [0.1, 0.15) is 11.3 Å². The maximum absolute atomic E-state index is 10.1. The molecular weight excluding hydrogens is 180 g/mol. The van der Waals surface area contributed by atoms with E-state index in [2.05, 4.69) is 4.98 Å². The van der Waals surface area contributed by atoms with E-state index in [0.717, 1.165) is 5.69 Å². The van der Waals surface area contributed by atoms with E-state index in [1.54, 1.807) is 19.1 Å². The number of rotatable bonds is 2. The number of hydrogen-bond acceptors (Lipinski definition) is 3. The molecule has 0 aliphatic carbocycles. The van der Waals surface area contributed by atoms with Crippen molar-refractivity contribution < 1.29 is 4.92 Å². The van der Waals surface area contributed by atoms with Gasteiger partial charge in [0.15, 0.2) is 0 Å². The zero-order valence-corrected chi connectivity index (χ0v) is 7.21. The van der Waals surface area contributed by atoms with Crippen molar-refractivity contribution in [2.75, 3.05) is 0 Å². The van der Waals surface area contributed by atoms with Gasteiger partial charge < -0.3 is 0 Å². The van der Waals surface area contributed by atoms with Gasteiger partial charge in [0.1, 0.15) is 5.15 Å². The molecule has 1 aromatic heterocycles. The third-order valence-electron chi connectivity index (χ3n) is 1.36. The summed E-state index contributed by atoms with van der Waals surface area (Å²) in [5.74, 6) is 0. The summed E-state index contributed by atoms with van der Waals surface area (Å²) in [5, 5.41) is 10.3. The standard InChI is InChI=1S/C7H7ClN2O2/c1-5-2-3-6(4-10(11)12)7(8)9-5/h2-3H,4H2,1H3. The van der Waals surface area contributed by atoms with E-state index >= 15 is 0 Å². The number of halogens is 1. The largest absolute Gasteiger partial charge is 0.264 e. The highest BCUT2D eigenvalue weighted by Crippen LogP contribution is 2.13. The van der Waals surface area contributed by atoms with E-state index in [0.29, 0.717) is 5.56 Å². The van der Waals surface area contributed by atoms with Crippen LogP contribution in [0.4, 0.5) is 0 Å². The summed E-state index contributed by atoms with van der Waals surface area (Å²) in [7, 11) is 0. The molecule has 4 nitrogen and oxygen atoms in total. The van der Waals surface area contributed by atoms with Gasteiger partial charge >= 0.3 is 0 Å². The fraction of sp³-hybridized carbons (Fsp3) is 0.286. The molecule has 1 rings (SSSR count). The predicted molar refractivity (Wildman–Crippen MR) is 44.7 cm³/mol. The normalized spacial score (nSPS) is 9.83. The van der Waals surface area contributed by atoms with Gasteiger partial charge in [0.25, 0.3) is 0 Å². The SMILES string of the molecule is Cc1ccc(C[N+](=O)[O-])c(Cl)n1. The first-order valence-corrected chi connectivity index (χ1v) is 3.71. The first-order valence-electron chi connectivity index (χ1n) is 3.33. The molecule has 0 radical (unpaired) electrons. The molecule has 5 heteroatoms. The number of pyridine rings is 1. The van der Waals surface area contributed by atoms with Crippen LogP contribution < -0.4 is 0 Å². The van der Waals surface area contributed by atoms with Gasteiger partial charge in [-0.3, -0.25) is 10.1 Å². The van der Waals surface area contributed by atoms with Gasteiger partial charge in [-0.1, -0.05) is 11.6 Å². The van der Waals surface area contributed by atoms with Crippen LogP contribution in [0.2, 0.25) is 5.15 Å². The molecule has 0 saturated heterocycles. The molecule has 0 amide bonds. The average molecular weight is 187 g/mol. The third-order valence-corrected chi connectivity index (χ3v) is 1.69. The first-order chi connectivity index (χ1) is 5.59. The van der Waals surface area contributed by atoms with E-state index < -0.39 is 4.92 Å². The van der Waals surface area contributed by atoms with Crippen LogP contribution in [0.25, 0.3) is 0 Å². The maximum Gasteiger partial charge on any atom is 0.231 e. The number of aryl methyl sites for hydroxylation is 1. The summed E-state index contributed by atoms with van der Waals surface area (Å²) in [6, 6.07) is 3.32. The Balaban J connectivity index is 2.93. The lowest BCUT2D eigenvalue weighted by Crippen LogP contribution is -2.00. The topological polar surface area (TPSA) is 56.0 Å². The second-order valence-corrected chi connectivity index (χ2v) is 2.75. The van der Waals surface area contributed by atoms with Gasteiger partial charge in [0, 0.05) is 10.6 Å². The summed E-state index contributed by atoms with van der Waals surface area (Å²) in [5.41, 5.74) is 1.21. The lowest BCUT2D eigenvalue weighted by molar-refractivity contribution is -0.496. The smallest absolute Gasteiger partial charge is 0.231 e. The lowest BCUT2D eigenvalue weighted by atomic mass is 10.2. The van der Waals surface area contributed by atoms with Gasteiger partial charge in [-0.25, -0.2) is 4.98 Å². The zero-order chi connectivity index (χ0) is 9.14. The van der Waals surface area contributed by atoms with Crippen molar-refractivity contribution in [2.45, 2.75) is 13.5 Å². The fourth-order valence-corrected chi connectivity index (χ4v) is 1.07. The Morgan fingerprint density at radius 2 is 2.33 bits per heavy atom. The van der Waals surface area contributed by atoms with Crippen molar-refractivity contribution in [1.82, 2.24) is 4.98 Å². The number of aromatic nitrogens is 1. The molecule has 64 valence electrons. The molecule has 0 aliphatic heterocycles. The number of nitro groups is 1. The van der Waals surface area contributed by atoms with Crippen molar-refractivity contribution in [3.63, 3.8) is 0 Å². The molecule has 0 unspecified atom stereocenters. The van der Waals surface area contributed by atoms with Crippen molar-refractivity contribution in [3.8, 4) is 0 Å². The van der Waals surface area contributed by atoms with Crippen molar-refractivity contribution in [1.29, 1.82) is 0 Å². The van der Waals surface area contributed by atoms with E-state index in [1.165, 1.54) is 0 Å². The second kappa shape index (κ2) is 3.49. The Morgan fingerprint density at radius 3 is 2.83 bits per heavy atom. The Hall–Kier alpha value is -1.16. The minimum absolute atomic E-state index is 0.215. The minimum Gasteiger partial charge on any atom is -0.264 e. The van der Waals surface area contributed by atoms with Crippen molar-refractivity contribution in [3.05, 3.63) is 38.7 Å². The van der Waals surface area contributed by atoms with E-state index in [4.69, 9.17) is 11.6 Å². The molecular formula is C7H7ClN2O2. The van der Waals surface area contributed by atoms with Crippen LogP contribution in [-0.2, 0) is 6.54 Å². The van der Waals surface area contributed by atoms with Gasteiger partial charge in [-0.15, -0.1) is 0 Å². The maximum atomic E-state index is 10.1. The molecule has 1 heterocycles. The van der Waals surface area contributed by atoms with Crippen molar-refractivity contribution >= 4 is 11.6 Å². The Morgan fingerprint density at radius 1 is 1.67 bits per heavy atom. The lowest BCUT2D eigenvalue weighted by Gasteiger charge is -1.98.